The Balaban J connectivity index is 1.91. The van der Waals surface area contributed by atoms with E-state index in [2.05, 4.69) is 37.4 Å². The quantitative estimate of drug-likeness (QED) is 0.340. The van der Waals surface area contributed by atoms with E-state index in [9.17, 15) is 9.59 Å². The Kier molecular flexibility index (Phi) is 7.74. The monoisotopic (exact) mass is 386 g/mol. The lowest BCUT2D eigenvalue weighted by Gasteiger charge is -2.34. The van der Waals surface area contributed by atoms with E-state index in [1.807, 2.05) is 13.8 Å². The molecule has 0 aromatic rings. The van der Waals surface area contributed by atoms with Crippen molar-refractivity contribution in [3.05, 3.63) is 12.2 Å². The normalized spacial score (nSPS) is 29.4. The maximum absolute atomic E-state index is 12.0. The summed E-state index contributed by atoms with van der Waals surface area (Å²) in [5.74, 6) is 0.374. The molecule has 25 heavy (non-hydrogen) atoms. The van der Waals surface area contributed by atoms with Gasteiger partial charge in [-0.1, -0.05) is 26.0 Å². The number of carbonyl (C=O) groups excluding carboxylic acids is 2. The molecule has 2 bridgehead atoms. The van der Waals surface area contributed by atoms with Gasteiger partial charge in [-0.15, -0.1) is 0 Å². The van der Waals surface area contributed by atoms with Crippen molar-refractivity contribution in [1.82, 2.24) is 0 Å². The number of hydrogen-bond acceptors (Lipinski definition) is 6. The van der Waals surface area contributed by atoms with Crippen molar-refractivity contribution in [3.63, 3.8) is 0 Å². The van der Waals surface area contributed by atoms with Gasteiger partial charge in [-0.25, -0.2) is 0 Å². The molecule has 0 aromatic heterocycles. The maximum atomic E-state index is 12.0. The third-order valence-electron chi connectivity index (χ3n) is 5.42. The smallest absolute Gasteiger partial charge is 0.306 e. The van der Waals surface area contributed by atoms with Crippen LogP contribution >= 0.6 is 25.3 Å². The van der Waals surface area contributed by atoms with Gasteiger partial charge in [-0.3, -0.25) is 9.59 Å². The molecule has 2 rings (SSSR count). The van der Waals surface area contributed by atoms with Crippen molar-refractivity contribution < 1.29 is 19.1 Å². The predicted molar refractivity (Wildman–Crippen MR) is 105 cm³/mol. The van der Waals surface area contributed by atoms with Crippen LogP contribution in [-0.2, 0) is 19.1 Å². The second-order valence-corrected chi connectivity index (χ2v) is 8.87. The van der Waals surface area contributed by atoms with Crippen LogP contribution in [0.25, 0.3) is 0 Å². The number of esters is 2. The van der Waals surface area contributed by atoms with Gasteiger partial charge in [0.05, 0.1) is 12.8 Å². The molecule has 142 valence electrons. The second-order valence-electron chi connectivity index (χ2n) is 7.41. The molecule has 4 nitrogen and oxygen atoms in total. The van der Waals surface area contributed by atoms with Crippen LogP contribution in [0.1, 0.15) is 52.4 Å². The van der Waals surface area contributed by atoms with E-state index in [-0.39, 0.29) is 27.9 Å². The molecule has 2 aliphatic rings. The predicted octanol–water partition coefficient (Wildman–Crippen LogP) is 3.85. The van der Waals surface area contributed by atoms with Gasteiger partial charge in [0, 0.05) is 15.9 Å². The highest BCUT2D eigenvalue weighted by Crippen LogP contribution is 2.52. The SMILES string of the molecule is CCC(S)CC(=O)OCC1(COC(=O)CC(S)CC)CC2C=CC1C2. The standard InChI is InChI=1S/C19H30O4S2/c1-3-15(24)8-17(20)22-11-19(10-13-5-6-14(19)7-13)12-23-18(21)9-16(25)4-2/h5-6,13-16,24-25H,3-4,7-12H2,1-2H3. The molecule has 0 saturated heterocycles. The number of rotatable bonds is 10. The van der Waals surface area contributed by atoms with Gasteiger partial charge < -0.3 is 9.47 Å². The first kappa shape index (κ1) is 20.7. The van der Waals surface area contributed by atoms with E-state index in [0.29, 0.717) is 37.9 Å². The molecule has 0 spiro atoms. The van der Waals surface area contributed by atoms with Crippen LogP contribution in [0.4, 0.5) is 0 Å². The highest BCUT2D eigenvalue weighted by atomic mass is 32.1. The van der Waals surface area contributed by atoms with E-state index >= 15 is 0 Å². The van der Waals surface area contributed by atoms with Crippen molar-refractivity contribution in [3.8, 4) is 0 Å². The number of allylic oxidation sites excluding steroid dienone is 2. The Morgan fingerprint density at radius 1 is 1.04 bits per heavy atom. The zero-order valence-corrected chi connectivity index (χ0v) is 16.9. The van der Waals surface area contributed by atoms with Crippen molar-refractivity contribution in [2.45, 2.75) is 62.9 Å². The van der Waals surface area contributed by atoms with E-state index in [0.717, 1.165) is 25.7 Å². The van der Waals surface area contributed by atoms with Gasteiger partial charge in [0.15, 0.2) is 0 Å². The average Bonchev–Trinajstić information content (AvgIpc) is 3.19. The lowest BCUT2D eigenvalue weighted by atomic mass is 9.77. The van der Waals surface area contributed by atoms with Gasteiger partial charge in [0.25, 0.3) is 0 Å². The summed E-state index contributed by atoms with van der Waals surface area (Å²) in [6.45, 7) is 4.62. The largest absolute Gasteiger partial charge is 0.465 e. The molecule has 0 heterocycles. The topological polar surface area (TPSA) is 52.6 Å². The Labute approximate surface area is 161 Å². The van der Waals surface area contributed by atoms with Crippen molar-refractivity contribution in [2.24, 2.45) is 17.3 Å². The zero-order chi connectivity index (χ0) is 18.4. The van der Waals surface area contributed by atoms with Crippen molar-refractivity contribution >= 4 is 37.2 Å². The number of fused-ring (bicyclic) bond motifs is 2. The average molecular weight is 387 g/mol. The molecule has 4 atom stereocenters. The number of thiol groups is 2. The van der Waals surface area contributed by atoms with E-state index in [1.54, 1.807) is 0 Å². The van der Waals surface area contributed by atoms with Gasteiger partial charge in [0.1, 0.15) is 13.2 Å². The Morgan fingerprint density at radius 2 is 1.56 bits per heavy atom. The van der Waals surface area contributed by atoms with Crippen molar-refractivity contribution in [2.75, 3.05) is 13.2 Å². The fraction of sp³-hybridized carbons (Fsp3) is 0.789. The van der Waals surface area contributed by atoms with Crippen molar-refractivity contribution in [1.29, 1.82) is 0 Å². The third-order valence-corrected chi connectivity index (χ3v) is 6.51. The summed E-state index contributed by atoms with van der Waals surface area (Å²) < 4.78 is 11.1. The molecule has 6 heteroatoms. The first-order valence-electron chi connectivity index (χ1n) is 9.24. The van der Waals surface area contributed by atoms with Gasteiger partial charge in [-0.2, -0.15) is 25.3 Å². The van der Waals surface area contributed by atoms with Gasteiger partial charge in [0.2, 0.25) is 0 Å². The summed E-state index contributed by atoms with van der Waals surface area (Å²) in [6, 6.07) is 0. The number of ether oxygens (including phenoxy) is 2. The fourth-order valence-electron chi connectivity index (χ4n) is 3.67. The van der Waals surface area contributed by atoms with Gasteiger partial charge in [-0.05, 0) is 37.5 Å². The van der Waals surface area contributed by atoms with Crippen LogP contribution in [0.5, 0.6) is 0 Å². The highest BCUT2D eigenvalue weighted by Gasteiger charge is 2.50. The van der Waals surface area contributed by atoms with E-state index in [4.69, 9.17) is 9.47 Å². The van der Waals surface area contributed by atoms with Crippen LogP contribution in [0, 0.1) is 17.3 Å². The number of hydrogen-bond donors (Lipinski definition) is 2. The van der Waals surface area contributed by atoms with Crippen LogP contribution < -0.4 is 0 Å². The molecule has 0 amide bonds. The van der Waals surface area contributed by atoms with Crippen LogP contribution in [-0.4, -0.2) is 35.7 Å². The van der Waals surface area contributed by atoms with Crippen LogP contribution in [0.15, 0.2) is 12.2 Å². The van der Waals surface area contributed by atoms with Crippen LogP contribution in [0.2, 0.25) is 0 Å². The van der Waals surface area contributed by atoms with E-state index in [1.165, 1.54) is 0 Å². The Bertz CT molecular complexity index is 478. The molecule has 4 unspecified atom stereocenters. The second kappa shape index (κ2) is 9.36. The summed E-state index contributed by atoms with van der Waals surface area (Å²) in [5.41, 5.74) is -0.276. The summed E-state index contributed by atoms with van der Waals surface area (Å²) in [6.07, 6.45) is 8.68. The summed E-state index contributed by atoms with van der Waals surface area (Å²) >= 11 is 8.71. The number of carbonyl (C=O) groups is 2. The van der Waals surface area contributed by atoms with E-state index < -0.39 is 0 Å². The first-order valence-corrected chi connectivity index (χ1v) is 10.3. The third kappa shape index (κ3) is 5.68. The fourth-order valence-corrected chi connectivity index (χ4v) is 3.97. The lowest BCUT2D eigenvalue weighted by Crippen LogP contribution is -2.38. The molecule has 0 aliphatic heterocycles. The summed E-state index contributed by atoms with van der Waals surface area (Å²) in [7, 11) is 0. The Morgan fingerprint density at radius 3 is 1.92 bits per heavy atom. The molecule has 2 aliphatic carbocycles. The summed E-state index contributed by atoms with van der Waals surface area (Å²) in [4.78, 5) is 24.1. The highest BCUT2D eigenvalue weighted by molar-refractivity contribution is 7.81. The Hall–Kier alpha value is -0.620. The molecular weight excluding hydrogens is 356 g/mol. The van der Waals surface area contributed by atoms with Crippen LogP contribution in [0.3, 0.4) is 0 Å². The molecule has 0 radical (unpaired) electrons. The molecule has 1 fully saturated rings. The molecule has 0 aromatic carbocycles. The minimum absolute atomic E-state index is 0.0302. The maximum Gasteiger partial charge on any atom is 0.306 e. The minimum atomic E-state index is -0.276. The minimum Gasteiger partial charge on any atom is -0.465 e. The summed E-state index contributed by atoms with van der Waals surface area (Å²) in [5, 5.41) is 0.0603. The lowest BCUT2D eigenvalue weighted by molar-refractivity contribution is -0.155. The van der Waals surface area contributed by atoms with Gasteiger partial charge >= 0.3 is 11.9 Å². The zero-order valence-electron chi connectivity index (χ0n) is 15.1. The first-order chi connectivity index (χ1) is 11.9. The molecule has 0 N–H and O–H groups in total. The molecule has 1 saturated carbocycles. The molecular formula is C19H30O4S2.